The van der Waals surface area contributed by atoms with Gasteiger partial charge in [-0.15, -0.1) is 0 Å². The van der Waals surface area contributed by atoms with Gasteiger partial charge in [0.2, 0.25) is 10.0 Å². The molecule has 2 aromatic carbocycles. The first-order chi connectivity index (χ1) is 12.9. The molecule has 0 fully saturated rings. The molecule has 0 saturated heterocycles. The van der Waals surface area contributed by atoms with Crippen molar-refractivity contribution in [3.05, 3.63) is 72.1 Å². The minimum Gasteiger partial charge on any atom is -0.365 e. The van der Waals surface area contributed by atoms with Crippen LogP contribution < -0.4 is 4.90 Å². The summed E-state index contributed by atoms with van der Waals surface area (Å²) in [6, 6.07) is 17.4. The first-order valence-corrected chi connectivity index (χ1v) is 10.3. The van der Waals surface area contributed by atoms with Crippen LogP contribution in [-0.2, 0) is 23.0 Å². The predicted molar refractivity (Wildman–Crippen MR) is 106 cm³/mol. The average Bonchev–Trinajstić information content (AvgIpc) is 3.30. The lowest BCUT2D eigenvalue weighted by molar-refractivity contribution is 0.521. The molecule has 0 aliphatic carbocycles. The molecule has 3 aromatic rings. The Kier molecular flexibility index (Phi) is 4.49. The van der Waals surface area contributed by atoms with Crippen LogP contribution in [0.2, 0.25) is 0 Å². The van der Waals surface area contributed by atoms with Gasteiger partial charge in [-0.1, -0.05) is 24.3 Å². The minimum absolute atomic E-state index is 0.327. The summed E-state index contributed by atoms with van der Waals surface area (Å²) in [6.07, 6.45) is 2.87. The maximum Gasteiger partial charge on any atom is 0.242 e. The van der Waals surface area contributed by atoms with Gasteiger partial charge >= 0.3 is 0 Å². The SMILES string of the molecule is CN(C)S(=O)(=O)c1ccc2c(c1)N(Cc1ccn(-c3ccccc3)n1)CC2. The van der Waals surface area contributed by atoms with Gasteiger partial charge in [-0.25, -0.2) is 17.4 Å². The van der Waals surface area contributed by atoms with Gasteiger partial charge in [0.05, 0.1) is 22.8 Å². The first-order valence-electron chi connectivity index (χ1n) is 8.85. The van der Waals surface area contributed by atoms with Crippen LogP contribution in [0.15, 0.2) is 65.7 Å². The minimum atomic E-state index is -3.44. The maximum absolute atomic E-state index is 12.4. The standard InChI is InChI=1S/C20H22N4O2S/c1-22(2)27(25,26)19-9-8-16-10-12-23(20(16)14-19)15-17-11-13-24(21-17)18-6-4-3-5-7-18/h3-9,11,13-14H,10,12,15H2,1-2H3. The molecule has 0 bridgehead atoms. The Bertz CT molecular complexity index is 1060. The second-order valence-corrected chi connectivity index (χ2v) is 8.99. The van der Waals surface area contributed by atoms with Gasteiger partial charge < -0.3 is 4.90 Å². The van der Waals surface area contributed by atoms with Crippen molar-refractivity contribution in [2.75, 3.05) is 25.5 Å². The van der Waals surface area contributed by atoms with Crippen LogP contribution in [0.3, 0.4) is 0 Å². The van der Waals surface area contributed by atoms with Gasteiger partial charge in [0.25, 0.3) is 0 Å². The summed E-state index contributed by atoms with van der Waals surface area (Å²) in [4.78, 5) is 2.52. The molecule has 27 heavy (non-hydrogen) atoms. The molecule has 2 heterocycles. The van der Waals surface area contributed by atoms with Crippen LogP contribution in [0.4, 0.5) is 5.69 Å². The molecule has 0 unspecified atom stereocenters. The van der Waals surface area contributed by atoms with E-state index in [1.165, 1.54) is 9.87 Å². The Labute approximate surface area is 159 Å². The summed E-state index contributed by atoms with van der Waals surface area (Å²) in [7, 11) is -0.335. The predicted octanol–water partition coefficient (Wildman–Crippen LogP) is 2.69. The van der Waals surface area contributed by atoms with Crippen molar-refractivity contribution >= 4 is 15.7 Å². The Hall–Kier alpha value is -2.64. The van der Waals surface area contributed by atoms with Gasteiger partial charge in [-0.05, 0) is 42.3 Å². The maximum atomic E-state index is 12.4. The third kappa shape index (κ3) is 3.36. The van der Waals surface area contributed by atoms with Gasteiger partial charge in [0.15, 0.2) is 0 Å². The highest BCUT2D eigenvalue weighted by Gasteiger charge is 2.24. The zero-order valence-corrected chi connectivity index (χ0v) is 16.2. The summed E-state index contributed by atoms with van der Waals surface area (Å²) in [6.45, 7) is 1.51. The van der Waals surface area contributed by atoms with E-state index in [0.29, 0.717) is 11.4 Å². The first kappa shape index (κ1) is 17.8. The largest absolute Gasteiger partial charge is 0.365 e. The third-order valence-electron chi connectivity index (χ3n) is 4.84. The fourth-order valence-corrected chi connectivity index (χ4v) is 4.25. The van der Waals surface area contributed by atoms with Crippen molar-refractivity contribution < 1.29 is 8.42 Å². The molecule has 0 spiro atoms. The van der Waals surface area contributed by atoms with E-state index in [4.69, 9.17) is 0 Å². The zero-order valence-electron chi connectivity index (χ0n) is 15.4. The molecular formula is C20H22N4O2S. The summed E-state index contributed by atoms with van der Waals surface area (Å²) in [5, 5.41) is 4.66. The monoisotopic (exact) mass is 382 g/mol. The average molecular weight is 382 g/mol. The molecule has 1 aromatic heterocycles. The summed E-state index contributed by atoms with van der Waals surface area (Å²) in [5.41, 5.74) is 4.12. The van der Waals surface area contributed by atoms with Crippen molar-refractivity contribution in [2.45, 2.75) is 17.9 Å². The second-order valence-electron chi connectivity index (χ2n) is 6.84. The second kappa shape index (κ2) is 6.83. The van der Waals surface area contributed by atoms with Crippen LogP contribution >= 0.6 is 0 Å². The van der Waals surface area contributed by atoms with Gasteiger partial charge in [0, 0.05) is 32.5 Å². The quantitative estimate of drug-likeness (QED) is 0.681. The van der Waals surface area contributed by atoms with Crippen LogP contribution in [0.1, 0.15) is 11.3 Å². The van der Waals surface area contributed by atoms with E-state index >= 15 is 0 Å². The number of benzene rings is 2. The number of sulfonamides is 1. The van der Waals surface area contributed by atoms with Crippen LogP contribution in [0.5, 0.6) is 0 Å². The number of anilines is 1. The molecule has 0 saturated carbocycles. The highest BCUT2D eigenvalue weighted by atomic mass is 32.2. The molecule has 0 radical (unpaired) electrons. The van der Waals surface area contributed by atoms with Crippen LogP contribution in [0.25, 0.3) is 5.69 Å². The zero-order chi connectivity index (χ0) is 19.0. The van der Waals surface area contributed by atoms with E-state index in [9.17, 15) is 8.42 Å². The van der Waals surface area contributed by atoms with Crippen molar-refractivity contribution in [3.8, 4) is 5.69 Å². The molecule has 1 aliphatic heterocycles. The Morgan fingerprint density at radius 3 is 2.59 bits per heavy atom. The third-order valence-corrected chi connectivity index (χ3v) is 6.66. The van der Waals surface area contributed by atoms with Crippen molar-refractivity contribution in [3.63, 3.8) is 0 Å². The molecule has 0 atom stereocenters. The number of fused-ring (bicyclic) bond motifs is 1. The van der Waals surface area contributed by atoms with E-state index in [-0.39, 0.29) is 0 Å². The molecule has 6 nitrogen and oxygen atoms in total. The van der Waals surface area contributed by atoms with Crippen LogP contribution in [-0.4, -0.2) is 43.1 Å². The van der Waals surface area contributed by atoms with Gasteiger partial charge in [-0.2, -0.15) is 5.10 Å². The summed E-state index contributed by atoms with van der Waals surface area (Å²) < 4.78 is 28.0. The molecular weight excluding hydrogens is 360 g/mol. The summed E-state index contributed by atoms with van der Waals surface area (Å²) >= 11 is 0. The highest BCUT2D eigenvalue weighted by molar-refractivity contribution is 7.89. The van der Waals surface area contributed by atoms with E-state index in [2.05, 4.69) is 10.00 Å². The van der Waals surface area contributed by atoms with E-state index in [1.54, 1.807) is 26.2 Å². The molecule has 7 heteroatoms. The summed E-state index contributed by atoms with van der Waals surface area (Å²) in [5.74, 6) is 0. The van der Waals surface area contributed by atoms with E-state index in [0.717, 1.165) is 30.0 Å². The Morgan fingerprint density at radius 2 is 1.85 bits per heavy atom. The fraction of sp³-hybridized carbons (Fsp3) is 0.250. The molecule has 0 amide bonds. The topological polar surface area (TPSA) is 58.4 Å². The fourth-order valence-electron chi connectivity index (χ4n) is 3.33. The number of hydrogen-bond acceptors (Lipinski definition) is 4. The normalized spacial score (nSPS) is 14.0. The number of hydrogen-bond donors (Lipinski definition) is 0. The van der Waals surface area contributed by atoms with Crippen LogP contribution in [0, 0.1) is 0 Å². The lowest BCUT2D eigenvalue weighted by Crippen LogP contribution is -2.23. The smallest absolute Gasteiger partial charge is 0.242 e. The van der Waals surface area contributed by atoms with Gasteiger partial charge in [0.1, 0.15) is 0 Å². The number of para-hydroxylation sites is 1. The van der Waals surface area contributed by atoms with Crippen molar-refractivity contribution in [2.24, 2.45) is 0 Å². The lowest BCUT2D eigenvalue weighted by Gasteiger charge is -2.19. The Balaban J connectivity index is 1.59. The van der Waals surface area contributed by atoms with Crippen molar-refractivity contribution in [1.29, 1.82) is 0 Å². The molecule has 140 valence electrons. The van der Waals surface area contributed by atoms with Crippen molar-refractivity contribution in [1.82, 2.24) is 14.1 Å². The highest BCUT2D eigenvalue weighted by Crippen LogP contribution is 2.32. The number of nitrogens with zero attached hydrogens (tertiary/aromatic N) is 4. The van der Waals surface area contributed by atoms with E-state index in [1.807, 2.05) is 53.3 Å². The molecule has 1 aliphatic rings. The molecule has 4 rings (SSSR count). The number of aromatic nitrogens is 2. The lowest BCUT2D eigenvalue weighted by atomic mass is 10.2. The van der Waals surface area contributed by atoms with E-state index < -0.39 is 10.0 Å². The Morgan fingerprint density at radius 1 is 1.07 bits per heavy atom. The number of rotatable bonds is 5. The van der Waals surface area contributed by atoms with Gasteiger partial charge in [-0.3, -0.25) is 0 Å². The molecule has 0 N–H and O–H groups in total.